The Bertz CT molecular complexity index is 2990. The predicted octanol–water partition coefficient (Wildman–Crippen LogP) is 13.9. The van der Waals surface area contributed by atoms with Gasteiger partial charge < -0.3 is 29.1 Å². The summed E-state index contributed by atoms with van der Waals surface area (Å²) in [6, 6.07) is 77.7. The van der Waals surface area contributed by atoms with E-state index in [1.165, 1.54) is 0 Å². The van der Waals surface area contributed by atoms with Crippen molar-refractivity contribution in [1.82, 2.24) is 0 Å². The number of methoxy groups -OCH3 is 4. The Kier molecular flexibility index (Phi) is 13.1. The van der Waals surface area contributed by atoms with Gasteiger partial charge in [0.15, 0.2) is 0 Å². The maximum absolute atomic E-state index is 5.68. The molecule has 10 rings (SSSR count). The lowest BCUT2D eigenvalue weighted by molar-refractivity contribution is 0.415. The van der Waals surface area contributed by atoms with Gasteiger partial charge in [0.05, 0.1) is 56.0 Å². The molecule has 334 valence electrons. The zero-order chi connectivity index (χ0) is 46.4. The number of benzene rings is 10. The summed E-state index contributed by atoms with van der Waals surface area (Å²) in [7, 11) is 4.37. The molecule has 0 bridgehead atoms. The van der Waals surface area contributed by atoms with Gasteiger partial charge in [-0.05, 0) is 142 Å². The summed E-state index contributed by atoms with van der Waals surface area (Å²) < 4.78 is 22.7. The van der Waals surface area contributed by atoms with Crippen molar-refractivity contribution in [2.75, 3.05) is 38.6 Å². The fourth-order valence-electron chi connectivity index (χ4n) is 8.84. The molecule has 6 nitrogen and oxygen atoms in total. The summed E-state index contributed by atoms with van der Waals surface area (Å²) in [4.78, 5) is 0. The van der Waals surface area contributed by atoms with Crippen LogP contribution in [0.15, 0.2) is 218 Å². The summed E-state index contributed by atoms with van der Waals surface area (Å²) in [6.07, 6.45) is 0. The largest absolute Gasteiger partial charge is 0.497 e. The van der Waals surface area contributed by atoms with Gasteiger partial charge in [0, 0.05) is 43.5 Å². The first kappa shape index (κ1) is 44.2. The molecule has 0 aliphatic rings. The third-order valence-corrected chi connectivity index (χ3v) is 16.4. The molecule has 0 radical (unpaired) electrons. The van der Waals surface area contributed by atoms with Crippen LogP contribution >= 0.6 is 16.1 Å². The lowest BCUT2D eigenvalue weighted by Gasteiger charge is -2.30. The van der Waals surface area contributed by atoms with Crippen LogP contribution in [-0.2, 0) is 0 Å². The van der Waals surface area contributed by atoms with Gasteiger partial charge in [-0.25, -0.2) is 0 Å². The van der Waals surface area contributed by atoms with Crippen molar-refractivity contribution >= 4 is 70.3 Å². The Hall–Kier alpha value is -7.62. The summed E-state index contributed by atoms with van der Waals surface area (Å²) in [5.74, 6) is 3.22. The molecule has 0 saturated carbocycles. The number of anilines is 2. The molecular weight excluding hydrogens is 875 g/mol. The summed E-state index contributed by atoms with van der Waals surface area (Å²) in [5.41, 5.74) is 8.69. The minimum Gasteiger partial charge on any atom is -0.497 e. The number of rotatable bonds is 15. The van der Waals surface area contributed by atoms with Crippen molar-refractivity contribution in [3.8, 4) is 56.4 Å². The zero-order valence-electron chi connectivity index (χ0n) is 38.3. The highest BCUT2D eigenvalue weighted by atomic mass is 31.1. The van der Waals surface area contributed by atoms with Crippen molar-refractivity contribution in [2.45, 2.75) is 0 Å². The van der Waals surface area contributed by atoms with E-state index in [0.717, 1.165) is 111 Å². The van der Waals surface area contributed by atoms with E-state index in [-0.39, 0.29) is 0 Å². The van der Waals surface area contributed by atoms with Crippen molar-refractivity contribution in [3.63, 3.8) is 0 Å². The molecule has 0 saturated heterocycles. The average molecular weight is 925 g/mol. The van der Waals surface area contributed by atoms with Crippen LogP contribution in [0.4, 0.5) is 11.4 Å². The Balaban J connectivity index is 1.33. The Labute approximate surface area is 400 Å². The summed E-state index contributed by atoms with van der Waals surface area (Å²) >= 11 is 0. The maximum Gasteiger partial charge on any atom is 0.118 e. The van der Waals surface area contributed by atoms with Crippen LogP contribution in [0.3, 0.4) is 0 Å². The van der Waals surface area contributed by atoms with Gasteiger partial charge in [0.1, 0.15) is 23.0 Å². The lowest BCUT2D eigenvalue weighted by Crippen LogP contribution is -2.19. The first-order valence-corrected chi connectivity index (χ1v) is 25.1. The second-order valence-corrected chi connectivity index (χ2v) is 20.1. The first-order chi connectivity index (χ1) is 33.5. The molecule has 10 aromatic rings. The van der Waals surface area contributed by atoms with Crippen molar-refractivity contribution in [2.24, 2.45) is 0 Å². The van der Waals surface area contributed by atoms with E-state index in [2.05, 4.69) is 229 Å². The van der Waals surface area contributed by atoms with Crippen LogP contribution < -0.4 is 50.3 Å². The Morgan fingerprint density at radius 2 is 0.588 bits per heavy atom. The van der Waals surface area contributed by atoms with Crippen LogP contribution in [0.25, 0.3) is 54.9 Å². The zero-order valence-corrected chi connectivity index (χ0v) is 40.1. The summed E-state index contributed by atoms with van der Waals surface area (Å²) in [5, 5.41) is 17.8. The maximum atomic E-state index is 5.68. The standard InChI is InChI=1S/C60H50N2O4P2/c1-63-45-23-31-49(32-24-45)67(50-33-25-46(64-2)26-34-50)61-59-55(41-15-7-5-8-16-41)39-43-19-11-13-21-53(43)57(59)58-54-22-14-12-20-44(54)40-56(42-17-9-6-10-18-42)60(58)62-68(51-35-27-47(65-3)28-36-51)52-37-29-48(66-4)30-38-52/h5-40,61-62H,1-4H3. The number of ether oxygens (including phenoxy) is 4. The molecule has 0 heterocycles. The van der Waals surface area contributed by atoms with Crippen LogP contribution in [0.2, 0.25) is 0 Å². The van der Waals surface area contributed by atoms with Crippen LogP contribution in [-0.4, -0.2) is 28.4 Å². The van der Waals surface area contributed by atoms with E-state index >= 15 is 0 Å². The van der Waals surface area contributed by atoms with E-state index in [1.807, 2.05) is 0 Å². The molecule has 68 heavy (non-hydrogen) atoms. The summed E-state index contributed by atoms with van der Waals surface area (Å²) in [6.45, 7) is 0. The van der Waals surface area contributed by atoms with E-state index in [4.69, 9.17) is 18.9 Å². The molecule has 0 fully saturated rings. The van der Waals surface area contributed by atoms with Crippen molar-refractivity contribution in [3.05, 3.63) is 218 Å². The van der Waals surface area contributed by atoms with Gasteiger partial charge in [0.2, 0.25) is 0 Å². The molecule has 0 atom stereocenters. The molecule has 0 aliphatic heterocycles. The molecule has 8 heteroatoms. The van der Waals surface area contributed by atoms with Crippen LogP contribution in [0.5, 0.6) is 23.0 Å². The SMILES string of the molecule is COc1ccc(P(Nc2c(-c3ccccc3)cc3ccccc3c2-c2c(NP(c3ccc(OC)cc3)c3ccc(OC)cc3)c(-c3ccccc3)cc3ccccc23)c2ccc(OC)cc2)cc1. The number of nitrogens with one attached hydrogen (secondary N) is 2. The van der Waals surface area contributed by atoms with Gasteiger partial charge in [-0.1, -0.05) is 109 Å². The number of hydrogen-bond acceptors (Lipinski definition) is 6. The van der Waals surface area contributed by atoms with Gasteiger partial charge in [-0.15, -0.1) is 0 Å². The normalized spacial score (nSPS) is 11.2. The first-order valence-electron chi connectivity index (χ1n) is 22.5. The molecule has 0 amide bonds. The van der Waals surface area contributed by atoms with E-state index in [0.29, 0.717) is 0 Å². The molecule has 0 spiro atoms. The highest BCUT2D eigenvalue weighted by Crippen LogP contribution is 2.55. The smallest absolute Gasteiger partial charge is 0.118 e. The Morgan fingerprint density at radius 3 is 0.882 bits per heavy atom. The van der Waals surface area contributed by atoms with E-state index < -0.39 is 16.1 Å². The second-order valence-electron chi connectivity index (χ2n) is 16.2. The van der Waals surface area contributed by atoms with Gasteiger partial charge in [-0.3, -0.25) is 0 Å². The molecule has 0 aliphatic carbocycles. The van der Waals surface area contributed by atoms with Gasteiger partial charge in [0.25, 0.3) is 0 Å². The quantitative estimate of drug-likeness (QED) is 0.0999. The molecule has 2 N–H and O–H groups in total. The van der Waals surface area contributed by atoms with Gasteiger partial charge in [-0.2, -0.15) is 0 Å². The molecule has 0 unspecified atom stereocenters. The average Bonchev–Trinajstić information content (AvgIpc) is 3.42. The molecule has 0 aromatic heterocycles. The number of hydrogen-bond donors (Lipinski definition) is 2. The van der Waals surface area contributed by atoms with E-state index in [9.17, 15) is 0 Å². The van der Waals surface area contributed by atoms with Gasteiger partial charge >= 0.3 is 0 Å². The van der Waals surface area contributed by atoms with Crippen LogP contribution in [0, 0.1) is 0 Å². The minimum atomic E-state index is -1.23. The predicted molar refractivity (Wildman–Crippen MR) is 289 cm³/mol. The minimum absolute atomic E-state index is 0.805. The highest BCUT2D eigenvalue weighted by molar-refractivity contribution is 7.74. The van der Waals surface area contributed by atoms with Crippen molar-refractivity contribution in [1.29, 1.82) is 0 Å². The molecule has 10 aromatic carbocycles. The van der Waals surface area contributed by atoms with Crippen molar-refractivity contribution < 1.29 is 18.9 Å². The third kappa shape index (κ3) is 8.97. The monoisotopic (exact) mass is 924 g/mol. The lowest BCUT2D eigenvalue weighted by atomic mass is 9.85. The Morgan fingerprint density at radius 1 is 0.309 bits per heavy atom. The fourth-order valence-corrected chi connectivity index (χ4v) is 12.7. The topological polar surface area (TPSA) is 61.0 Å². The highest BCUT2D eigenvalue weighted by Gasteiger charge is 2.28. The second kappa shape index (κ2) is 20.1. The number of fused-ring (bicyclic) bond motifs is 2. The van der Waals surface area contributed by atoms with E-state index in [1.54, 1.807) is 28.4 Å². The molecular formula is C60H50N2O4P2. The van der Waals surface area contributed by atoms with Crippen LogP contribution in [0.1, 0.15) is 0 Å². The fraction of sp³-hybridized carbons (Fsp3) is 0.0667. The third-order valence-electron chi connectivity index (χ3n) is 12.3.